The van der Waals surface area contributed by atoms with Gasteiger partial charge in [-0.2, -0.15) is 0 Å². The zero-order valence-electron chi connectivity index (χ0n) is 11.4. The fourth-order valence-electron chi connectivity index (χ4n) is 2.46. The molecule has 0 amide bonds. The quantitative estimate of drug-likeness (QED) is 0.604. The summed E-state index contributed by atoms with van der Waals surface area (Å²) in [5, 5.41) is 0.977. The minimum Gasteiger partial charge on any atom is -0.238 e. The van der Waals surface area contributed by atoms with Gasteiger partial charge in [0.15, 0.2) is 5.69 Å². The molecule has 0 fully saturated rings. The molecular formula is C17H13N3. The molecule has 0 N–H and O–H groups in total. The van der Waals surface area contributed by atoms with Crippen LogP contribution in [-0.2, 0) is 0 Å². The largest absolute Gasteiger partial charge is 0.238 e. The smallest absolute Gasteiger partial charge is 0.189 e. The molecule has 0 atom stereocenters. The lowest BCUT2D eigenvalue weighted by Crippen LogP contribution is -1.90. The number of nitrogens with zero attached hydrogens (tertiary/aromatic N) is 3. The number of aromatic nitrogens is 2. The number of hydrogen-bond donors (Lipinski definition) is 0. The Kier molecular flexibility index (Phi) is 2.92. The van der Waals surface area contributed by atoms with Crippen molar-refractivity contribution in [2.24, 2.45) is 0 Å². The fourth-order valence-corrected chi connectivity index (χ4v) is 2.46. The van der Waals surface area contributed by atoms with Crippen molar-refractivity contribution in [3.63, 3.8) is 0 Å². The van der Waals surface area contributed by atoms with Crippen LogP contribution in [-0.4, -0.2) is 9.97 Å². The highest BCUT2D eigenvalue weighted by Gasteiger charge is 2.08. The zero-order valence-corrected chi connectivity index (χ0v) is 11.4. The monoisotopic (exact) mass is 259 g/mol. The summed E-state index contributed by atoms with van der Waals surface area (Å²) in [5.41, 5.74) is 5.84. The molecule has 2 aromatic carbocycles. The number of fused-ring (bicyclic) bond motifs is 1. The normalized spacial score (nSPS) is 10.4. The molecule has 0 saturated heterocycles. The van der Waals surface area contributed by atoms with Gasteiger partial charge >= 0.3 is 0 Å². The molecule has 0 bridgehead atoms. The van der Waals surface area contributed by atoms with Gasteiger partial charge < -0.3 is 0 Å². The standard InChI is InChI=1S/C17H13N3/c1-11-6-12(2)8-13(7-11)17-15-5-4-14(18-3)9-16(15)19-10-20-17/h4-10H,1-2H3. The summed E-state index contributed by atoms with van der Waals surface area (Å²) in [4.78, 5) is 12.1. The van der Waals surface area contributed by atoms with Crippen molar-refractivity contribution in [3.05, 3.63) is 65.3 Å². The lowest BCUT2D eigenvalue weighted by atomic mass is 10.0. The third-order valence-corrected chi connectivity index (χ3v) is 3.24. The number of hydrogen-bond acceptors (Lipinski definition) is 2. The van der Waals surface area contributed by atoms with E-state index in [-0.39, 0.29) is 0 Å². The molecule has 20 heavy (non-hydrogen) atoms. The topological polar surface area (TPSA) is 30.1 Å². The van der Waals surface area contributed by atoms with Crippen LogP contribution in [0.3, 0.4) is 0 Å². The second kappa shape index (κ2) is 4.75. The summed E-state index contributed by atoms with van der Waals surface area (Å²) in [6.45, 7) is 11.2. The van der Waals surface area contributed by atoms with E-state index in [0.29, 0.717) is 5.69 Å². The minimum atomic E-state index is 0.600. The van der Waals surface area contributed by atoms with E-state index in [1.807, 2.05) is 12.1 Å². The molecule has 0 spiro atoms. The fraction of sp³-hybridized carbons (Fsp3) is 0.118. The average molecular weight is 259 g/mol. The van der Waals surface area contributed by atoms with Crippen molar-refractivity contribution in [2.45, 2.75) is 13.8 Å². The number of rotatable bonds is 1. The predicted molar refractivity (Wildman–Crippen MR) is 80.7 cm³/mol. The molecule has 3 heteroatoms. The maximum absolute atomic E-state index is 7.07. The van der Waals surface area contributed by atoms with Crippen LogP contribution in [0.1, 0.15) is 11.1 Å². The highest BCUT2D eigenvalue weighted by atomic mass is 14.8. The highest BCUT2D eigenvalue weighted by Crippen LogP contribution is 2.29. The molecule has 96 valence electrons. The summed E-state index contributed by atoms with van der Waals surface area (Å²) in [7, 11) is 0. The number of benzene rings is 2. The Morgan fingerprint density at radius 3 is 2.40 bits per heavy atom. The Morgan fingerprint density at radius 2 is 1.70 bits per heavy atom. The van der Waals surface area contributed by atoms with Gasteiger partial charge in [-0.05, 0) is 32.0 Å². The van der Waals surface area contributed by atoms with Crippen LogP contribution < -0.4 is 0 Å². The second-order valence-corrected chi connectivity index (χ2v) is 4.91. The first kappa shape index (κ1) is 12.3. The van der Waals surface area contributed by atoms with Crippen LogP contribution in [0.15, 0.2) is 42.7 Å². The molecular weight excluding hydrogens is 246 g/mol. The van der Waals surface area contributed by atoms with Gasteiger partial charge in [-0.15, -0.1) is 0 Å². The summed E-state index contributed by atoms with van der Waals surface area (Å²) in [5.74, 6) is 0. The van der Waals surface area contributed by atoms with Crippen LogP contribution in [0.2, 0.25) is 0 Å². The molecule has 1 heterocycles. The van der Waals surface area contributed by atoms with E-state index >= 15 is 0 Å². The second-order valence-electron chi connectivity index (χ2n) is 4.91. The van der Waals surface area contributed by atoms with E-state index in [1.54, 1.807) is 12.4 Å². The van der Waals surface area contributed by atoms with Gasteiger partial charge in [0.05, 0.1) is 17.8 Å². The SMILES string of the molecule is [C-]#[N+]c1ccc2c(-c3cc(C)cc(C)c3)ncnc2c1. The van der Waals surface area contributed by atoms with E-state index < -0.39 is 0 Å². The van der Waals surface area contributed by atoms with Crippen LogP contribution in [0.5, 0.6) is 0 Å². The van der Waals surface area contributed by atoms with Crippen molar-refractivity contribution in [3.8, 4) is 11.3 Å². The van der Waals surface area contributed by atoms with Crippen LogP contribution in [0, 0.1) is 20.4 Å². The van der Waals surface area contributed by atoms with E-state index in [0.717, 1.165) is 22.2 Å². The summed E-state index contributed by atoms with van der Waals surface area (Å²) >= 11 is 0. The van der Waals surface area contributed by atoms with Crippen molar-refractivity contribution < 1.29 is 0 Å². The summed E-state index contributed by atoms with van der Waals surface area (Å²) in [6.07, 6.45) is 1.56. The maximum atomic E-state index is 7.07. The molecule has 3 nitrogen and oxygen atoms in total. The summed E-state index contributed by atoms with van der Waals surface area (Å²) in [6, 6.07) is 11.9. The minimum absolute atomic E-state index is 0.600. The van der Waals surface area contributed by atoms with Gasteiger partial charge in [-0.3, -0.25) is 0 Å². The first-order valence-electron chi connectivity index (χ1n) is 6.38. The van der Waals surface area contributed by atoms with Gasteiger partial charge in [-0.25, -0.2) is 14.8 Å². The van der Waals surface area contributed by atoms with E-state index in [9.17, 15) is 0 Å². The van der Waals surface area contributed by atoms with Gasteiger partial charge in [0.25, 0.3) is 0 Å². The molecule has 0 saturated carbocycles. The predicted octanol–water partition coefficient (Wildman–Crippen LogP) is 4.46. The lowest BCUT2D eigenvalue weighted by molar-refractivity contribution is 1.22. The molecule has 3 rings (SSSR count). The van der Waals surface area contributed by atoms with Gasteiger partial charge in [0.2, 0.25) is 0 Å². The van der Waals surface area contributed by atoms with Crippen LogP contribution in [0.25, 0.3) is 27.0 Å². The Labute approximate surface area is 117 Å². The van der Waals surface area contributed by atoms with Crippen molar-refractivity contribution in [1.29, 1.82) is 0 Å². The summed E-state index contributed by atoms with van der Waals surface area (Å²) < 4.78 is 0. The first-order valence-corrected chi connectivity index (χ1v) is 6.38. The zero-order chi connectivity index (χ0) is 14.1. The van der Waals surface area contributed by atoms with Crippen LogP contribution in [0.4, 0.5) is 5.69 Å². The van der Waals surface area contributed by atoms with Gasteiger partial charge in [0.1, 0.15) is 6.33 Å². The maximum Gasteiger partial charge on any atom is 0.189 e. The molecule has 3 aromatic rings. The van der Waals surface area contributed by atoms with E-state index in [1.165, 1.54) is 11.1 Å². The van der Waals surface area contributed by atoms with Crippen LogP contribution >= 0.6 is 0 Å². The van der Waals surface area contributed by atoms with Gasteiger partial charge in [-0.1, -0.05) is 29.3 Å². The molecule has 0 aliphatic carbocycles. The Morgan fingerprint density at radius 1 is 0.950 bits per heavy atom. The third-order valence-electron chi connectivity index (χ3n) is 3.24. The van der Waals surface area contributed by atoms with E-state index in [2.05, 4.69) is 46.9 Å². The molecule has 0 aliphatic rings. The Hall–Kier alpha value is -2.73. The molecule has 0 unspecified atom stereocenters. The average Bonchev–Trinajstić information content (AvgIpc) is 2.45. The lowest BCUT2D eigenvalue weighted by Gasteiger charge is -2.07. The highest BCUT2D eigenvalue weighted by molar-refractivity contribution is 5.94. The van der Waals surface area contributed by atoms with Crippen molar-refractivity contribution >= 4 is 16.6 Å². The third kappa shape index (κ3) is 2.12. The Balaban J connectivity index is 2.29. The van der Waals surface area contributed by atoms with Gasteiger partial charge in [0, 0.05) is 10.9 Å². The van der Waals surface area contributed by atoms with E-state index in [4.69, 9.17) is 6.57 Å². The molecule has 0 radical (unpaired) electrons. The molecule has 0 aliphatic heterocycles. The molecule has 1 aromatic heterocycles. The van der Waals surface area contributed by atoms with Crippen molar-refractivity contribution in [2.75, 3.05) is 0 Å². The number of aryl methyl sites for hydroxylation is 2. The Bertz CT molecular complexity index is 824. The van der Waals surface area contributed by atoms with Crippen molar-refractivity contribution in [1.82, 2.24) is 9.97 Å². The first-order chi connectivity index (χ1) is 9.67.